The third-order valence-electron chi connectivity index (χ3n) is 2.63. The van der Waals surface area contributed by atoms with Crippen molar-refractivity contribution >= 4 is 33.0 Å². The Kier molecular flexibility index (Phi) is 4.56. The summed E-state index contributed by atoms with van der Waals surface area (Å²) < 4.78 is 31.6. The van der Waals surface area contributed by atoms with E-state index in [2.05, 4.69) is 14.4 Å². The molecular formula is C12H13N3O4S2. The van der Waals surface area contributed by atoms with Crippen molar-refractivity contribution in [3.63, 3.8) is 0 Å². The molecule has 0 saturated carbocycles. The smallest absolute Gasteiger partial charge is 0.339 e. The van der Waals surface area contributed by atoms with Crippen LogP contribution in [0.2, 0.25) is 0 Å². The molecule has 1 heterocycles. The predicted molar refractivity (Wildman–Crippen MR) is 78.3 cm³/mol. The number of benzene rings is 1. The summed E-state index contributed by atoms with van der Waals surface area (Å²) >= 11 is 1.36. The fourth-order valence-corrected chi connectivity index (χ4v) is 3.40. The molecule has 0 fully saturated rings. The Hall–Kier alpha value is -1.97. The van der Waals surface area contributed by atoms with E-state index in [0.717, 1.165) is 0 Å². The number of nitrogens with one attached hydrogen (secondary N) is 1. The number of esters is 1. The Morgan fingerprint density at radius 1 is 1.48 bits per heavy atom. The Bertz CT molecular complexity index is 742. The van der Waals surface area contributed by atoms with Crippen LogP contribution in [0.1, 0.15) is 16.1 Å². The second-order valence-electron chi connectivity index (χ2n) is 4.05. The first kappa shape index (κ1) is 15.4. The zero-order valence-electron chi connectivity index (χ0n) is 11.1. The SMILES string of the molecule is COC(=O)c1ccc(N)cc1S(=O)(=O)NCc1cscn1. The van der Waals surface area contributed by atoms with E-state index < -0.39 is 16.0 Å². The molecule has 21 heavy (non-hydrogen) atoms. The topological polar surface area (TPSA) is 111 Å². The number of hydrogen-bond acceptors (Lipinski definition) is 7. The second kappa shape index (κ2) is 6.20. The third kappa shape index (κ3) is 3.57. The molecule has 9 heteroatoms. The van der Waals surface area contributed by atoms with E-state index in [1.54, 1.807) is 10.9 Å². The molecule has 112 valence electrons. The maximum atomic E-state index is 12.3. The van der Waals surface area contributed by atoms with Crippen LogP contribution in [0.5, 0.6) is 0 Å². The van der Waals surface area contributed by atoms with E-state index in [4.69, 9.17) is 5.73 Å². The van der Waals surface area contributed by atoms with Crippen LogP contribution in [0.25, 0.3) is 0 Å². The number of methoxy groups -OCH3 is 1. The number of rotatable bonds is 5. The van der Waals surface area contributed by atoms with Gasteiger partial charge in [0.05, 0.1) is 35.3 Å². The zero-order valence-corrected chi connectivity index (χ0v) is 12.7. The molecule has 0 spiro atoms. The number of thiazole rings is 1. The lowest BCUT2D eigenvalue weighted by Crippen LogP contribution is -2.25. The molecule has 3 N–H and O–H groups in total. The highest BCUT2D eigenvalue weighted by molar-refractivity contribution is 7.89. The standard InChI is InChI=1S/C12H13N3O4S2/c1-19-12(16)10-3-2-8(13)4-11(10)21(17,18)15-5-9-6-20-7-14-9/h2-4,6-7,15H,5,13H2,1H3. The lowest BCUT2D eigenvalue weighted by molar-refractivity contribution is 0.0596. The number of carbonyl (C=O) groups is 1. The van der Waals surface area contributed by atoms with Crippen molar-refractivity contribution in [2.24, 2.45) is 0 Å². The molecule has 1 aromatic carbocycles. The number of nitrogens with zero attached hydrogens (tertiary/aromatic N) is 1. The number of nitrogen functional groups attached to an aromatic ring is 1. The summed E-state index contributed by atoms with van der Waals surface area (Å²) in [5.41, 5.74) is 7.95. The highest BCUT2D eigenvalue weighted by Gasteiger charge is 2.23. The fourth-order valence-electron chi connectivity index (χ4n) is 1.61. The van der Waals surface area contributed by atoms with Crippen LogP contribution in [-0.4, -0.2) is 26.5 Å². The van der Waals surface area contributed by atoms with Crippen LogP contribution in [0.15, 0.2) is 34.0 Å². The number of ether oxygens (including phenoxy) is 1. The number of sulfonamides is 1. The van der Waals surface area contributed by atoms with Crippen LogP contribution in [0.4, 0.5) is 5.69 Å². The molecule has 0 bridgehead atoms. The van der Waals surface area contributed by atoms with E-state index in [9.17, 15) is 13.2 Å². The maximum absolute atomic E-state index is 12.3. The lowest BCUT2D eigenvalue weighted by atomic mass is 10.2. The van der Waals surface area contributed by atoms with Crippen molar-refractivity contribution in [1.82, 2.24) is 9.71 Å². The highest BCUT2D eigenvalue weighted by Crippen LogP contribution is 2.20. The molecule has 1 aromatic heterocycles. The van der Waals surface area contributed by atoms with Gasteiger partial charge in [0.25, 0.3) is 0 Å². The van der Waals surface area contributed by atoms with Crippen molar-refractivity contribution in [3.05, 3.63) is 40.3 Å². The molecular weight excluding hydrogens is 314 g/mol. The van der Waals surface area contributed by atoms with Gasteiger partial charge in [0.15, 0.2) is 0 Å². The zero-order chi connectivity index (χ0) is 15.5. The number of nitrogens with two attached hydrogens (primary N) is 1. The van der Waals surface area contributed by atoms with Gasteiger partial charge in [-0.15, -0.1) is 11.3 Å². The summed E-state index contributed by atoms with van der Waals surface area (Å²) in [4.78, 5) is 15.4. The van der Waals surface area contributed by atoms with Gasteiger partial charge in [-0.25, -0.2) is 22.9 Å². The highest BCUT2D eigenvalue weighted by atomic mass is 32.2. The minimum Gasteiger partial charge on any atom is -0.465 e. The minimum absolute atomic E-state index is 0.0290. The van der Waals surface area contributed by atoms with Crippen molar-refractivity contribution < 1.29 is 17.9 Å². The van der Waals surface area contributed by atoms with Crippen LogP contribution in [0, 0.1) is 0 Å². The average Bonchev–Trinajstić information content (AvgIpc) is 2.98. The summed E-state index contributed by atoms with van der Waals surface area (Å²) in [6.45, 7) is 0.0290. The van der Waals surface area contributed by atoms with Crippen LogP contribution >= 0.6 is 11.3 Å². The van der Waals surface area contributed by atoms with E-state index in [-0.39, 0.29) is 22.7 Å². The molecule has 0 radical (unpaired) electrons. The van der Waals surface area contributed by atoms with E-state index >= 15 is 0 Å². The average molecular weight is 327 g/mol. The van der Waals surface area contributed by atoms with Crippen LogP contribution in [0.3, 0.4) is 0 Å². The monoisotopic (exact) mass is 327 g/mol. The molecule has 0 saturated heterocycles. The van der Waals surface area contributed by atoms with Gasteiger partial charge in [-0.3, -0.25) is 0 Å². The van der Waals surface area contributed by atoms with Crippen molar-refractivity contribution in [3.8, 4) is 0 Å². The molecule has 7 nitrogen and oxygen atoms in total. The maximum Gasteiger partial charge on any atom is 0.339 e. The van der Waals surface area contributed by atoms with Crippen molar-refractivity contribution in [2.45, 2.75) is 11.4 Å². The van der Waals surface area contributed by atoms with Crippen molar-refractivity contribution in [1.29, 1.82) is 0 Å². The number of anilines is 1. The molecule has 0 atom stereocenters. The Morgan fingerprint density at radius 3 is 2.86 bits per heavy atom. The van der Waals surface area contributed by atoms with Gasteiger partial charge in [0, 0.05) is 11.1 Å². The Balaban J connectivity index is 2.34. The molecule has 0 aliphatic heterocycles. The molecule has 0 aliphatic carbocycles. The van der Waals surface area contributed by atoms with Crippen LogP contribution < -0.4 is 10.5 Å². The predicted octanol–water partition coefficient (Wildman–Crippen LogP) is 0.990. The molecule has 0 aliphatic rings. The van der Waals surface area contributed by atoms with Gasteiger partial charge in [0.1, 0.15) is 0 Å². The van der Waals surface area contributed by atoms with Gasteiger partial charge in [0.2, 0.25) is 10.0 Å². The lowest BCUT2D eigenvalue weighted by Gasteiger charge is -2.10. The van der Waals surface area contributed by atoms with Gasteiger partial charge in [-0.05, 0) is 18.2 Å². The van der Waals surface area contributed by atoms with E-state index in [0.29, 0.717) is 5.69 Å². The minimum atomic E-state index is -3.91. The molecule has 2 aromatic rings. The summed E-state index contributed by atoms with van der Waals surface area (Å²) in [7, 11) is -2.73. The van der Waals surface area contributed by atoms with E-state index in [1.165, 1.54) is 36.6 Å². The van der Waals surface area contributed by atoms with Crippen LogP contribution in [-0.2, 0) is 21.3 Å². The molecule has 0 amide bonds. The first-order valence-corrected chi connectivity index (χ1v) is 8.21. The number of hydrogen-bond donors (Lipinski definition) is 2. The van der Waals surface area contributed by atoms with Crippen molar-refractivity contribution in [2.75, 3.05) is 12.8 Å². The molecule has 2 rings (SSSR count). The van der Waals surface area contributed by atoms with Gasteiger partial charge in [-0.1, -0.05) is 0 Å². The fraction of sp³-hybridized carbons (Fsp3) is 0.167. The first-order chi connectivity index (χ1) is 9.94. The van der Waals surface area contributed by atoms with Gasteiger partial charge >= 0.3 is 5.97 Å². The Labute approximate surface area is 125 Å². The summed E-state index contributed by atoms with van der Waals surface area (Å²) in [6.07, 6.45) is 0. The Morgan fingerprint density at radius 2 is 2.24 bits per heavy atom. The van der Waals surface area contributed by atoms with E-state index in [1.807, 2.05) is 0 Å². The largest absolute Gasteiger partial charge is 0.465 e. The first-order valence-electron chi connectivity index (χ1n) is 5.78. The third-order valence-corrected chi connectivity index (χ3v) is 4.70. The number of carbonyl (C=O) groups excluding carboxylic acids is 1. The summed E-state index contributed by atoms with van der Waals surface area (Å²) in [5, 5.41) is 1.73. The number of aromatic nitrogens is 1. The summed E-state index contributed by atoms with van der Waals surface area (Å²) in [5.74, 6) is -0.746. The second-order valence-corrected chi connectivity index (χ2v) is 6.51. The normalized spacial score (nSPS) is 11.3. The quantitative estimate of drug-likeness (QED) is 0.626. The molecule has 0 unspecified atom stereocenters. The van der Waals surface area contributed by atoms with Gasteiger partial charge < -0.3 is 10.5 Å². The van der Waals surface area contributed by atoms with Gasteiger partial charge in [-0.2, -0.15) is 0 Å². The summed E-state index contributed by atoms with van der Waals surface area (Å²) in [6, 6.07) is 3.97.